The maximum atomic E-state index is 12.1. The van der Waals surface area contributed by atoms with E-state index in [-0.39, 0.29) is 0 Å². The van der Waals surface area contributed by atoms with Gasteiger partial charge in [0, 0.05) is 16.1 Å². The van der Waals surface area contributed by atoms with E-state index >= 15 is 0 Å². The summed E-state index contributed by atoms with van der Waals surface area (Å²) in [4.78, 5) is 0. The molecule has 0 spiro atoms. The van der Waals surface area contributed by atoms with Crippen molar-refractivity contribution in [2.45, 2.75) is 0 Å². The van der Waals surface area contributed by atoms with E-state index < -0.39 is 0 Å². The molecular weight excluding hydrogens is 294 g/mol. The molecule has 0 aliphatic rings. The van der Waals surface area contributed by atoms with Gasteiger partial charge < -0.3 is 9.94 Å². The van der Waals surface area contributed by atoms with Crippen LogP contribution in [-0.4, -0.2) is 18.1 Å². The molecule has 2 aromatic carbocycles. The molecule has 2 rings (SSSR count). The van der Waals surface area contributed by atoms with Gasteiger partial charge in [0.05, 0.1) is 7.11 Å². The van der Waals surface area contributed by atoms with E-state index in [4.69, 9.17) is 4.74 Å². The van der Waals surface area contributed by atoms with Crippen molar-refractivity contribution in [3.05, 3.63) is 63.8 Å². The molecule has 4 heteroatoms. The Morgan fingerprint density at radius 1 is 1.17 bits per heavy atom. The van der Waals surface area contributed by atoms with Gasteiger partial charge in [-0.15, -0.1) is 0 Å². The van der Waals surface area contributed by atoms with Crippen LogP contribution >= 0.6 is 15.9 Å². The van der Waals surface area contributed by atoms with Crippen LogP contribution in [0.4, 0.5) is 5.69 Å². The zero-order valence-electron chi connectivity index (χ0n) is 9.84. The highest BCUT2D eigenvalue weighted by atomic mass is 79.9. The average molecular weight is 306 g/mol. The Labute approximate surface area is 114 Å². The number of benzene rings is 2. The van der Waals surface area contributed by atoms with Gasteiger partial charge >= 0.3 is 0 Å². The van der Waals surface area contributed by atoms with E-state index in [9.17, 15) is 5.21 Å². The molecule has 0 aliphatic heterocycles. The third kappa shape index (κ3) is 2.90. The lowest BCUT2D eigenvalue weighted by molar-refractivity contribution is -0.355. The first-order chi connectivity index (χ1) is 8.70. The topological polar surface area (TPSA) is 35.3 Å². The van der Waals surface area contributed by atoms with Crippen molar-refractivity contribution in [3.8, 4) is 5.75 Å². The molecule has 0 amide bonds. The number of hydrogen-bond acceptors (Lipinski definition) is 2. The van der Waals surface area contributed by atoms with Crippen molar-refractivity contribution < 1.29 is 9.48 Å². The summed E-state index contributed by atoms with van der Waals surface area (Å²) in [5, 5.41) is 12.1. The third-order valence-electron chi connectivity index (χ3n) is 2.44. The van der Waals surface area contributed by atoms with Gasteiger partial charge in [0.25, 0.3) is 5.69 Å². The first-order valence-electron chi connectivity index (χ1n) is 5.40. The predicted octanol–water partition coefficient (Wildman–Crippen LogP) is 3.72. The maximum absolute atomic E-state index is 12.1. The molecule has 0 radical (unpaired) electrons. The number of nitrogens with zero attached hydrogens (tertiary/aromatic N) is 1. The van der Waals surface area contributed by atoms with Gasteiger partial charge in [0.1, 0.15) is 0 Å². The Morgan fingerprint density at radius 3 is 2.56 bits per heavy atom. The highest BCUT2D eigenvalue weighted by molar-refractivity contribution is 9.10. The molecule has 92 valence electrons. The molecule has 0 N–H and O–H groups in total. The first kappa shape index (κ1) is 12.6. The van der Waals surface area contributed by atoms with E-state index in [1.54, 1.807) is 19.2 Å². The lowest BCUT2D eigenvalue weighted by Gasteiger charge is -2.08. The quantitative estimate of drug-likeness (QED) is 0.375. The van der Waals surface area contributed by atoms with Crippen molar-refractivity contribution in [1.82, 2.24) is 0 Å². The molecule has 18 heavy (non-hydrogen) atoms. The number of methoxy groups -OCH3 is 1. The van der Waals surface area contributed by atoms with Gasteiger partial charge in [0.2, 0.25) is 0 Å². The van der Waals surface area contributed by atoms with Gasteiger partial charge in [-0.2, -0.15) is 4.74 Å². The smallest absolute Gasteiger partial charge is 0.259 e. The van der Waals surface area contributed by atoms with Crippen LogP contribution < -0.4 is 4.74 Å². The molecule has 0 aliphatic carbocycles. The minimum atomic E-state index is 0.468. The first-order valence-corrected chi connectivity index (χ1v) is 6.20. The normalized spacial score (nSPS) is 11.3. The summed E-state index contributed by atoms with van der Waals surface area (Å²) in [6.45, 7) is 0. The van der Waals surface area contributed by atoms with Crippen molar-refractivity contribution in [1.29, 1.82) is 0 Å². The van der Waals surface area contributed by atoms with Crippen molar-refractivity contribution in [2.75, 3.05) is 7.11 Å². The van der Waals surface area contributed by atoms with Crippen molar-refractivity contribution in [3.63, 3.8) is 0 Å². The van der Waals surface area contributed by atoms with Crippen LogP contribution in [0.25, 0.3) is 0 Å². The van der Waals surface area contributed by atoms with Crippen LogP contribution in [0.2, 0.25) is 0 Å². The average Bonchev–Trinajstić information content (AvgIpc) is 2.40. The summed E-state index contributed by atoms with van der Waals surface area (Å²) in [6, 6.07) is 14.7. The molecule has 0 aromatic heterocycles. The zero-order chi connectivity index (χ0) is 13.0. The Bertz CT molecular complexity index is 567. The second-order valence-corrected chi connectivity index (χ2v) is 4.60. The summed E-state index contributed by atoms with van der Waals surface area (Å²) >= 11 is 3.34. The summed E-state index contributed by atoms with van der Waals surface area (Å²) in [6.07, 6.45) is 1.52. The van der Waals surface area contributed by atoms with E-state index in [0.29, 0.717) is 11.4 Å². The van der Waals surface area contributed by atoms with Crippen molar-refractivity contribution >= 4 is 27.8 Å². The number of hydrogen-bond donors (Lipinski definition) is 0. The summed E-state index contributed by atoms with van der Waals surface area (Å²) in [5.41, 5.74) is 1.31. The number of ether oxygens (including phenoxy) is 1. The largest absolute Gasteiger partial charge is 0.618 e. The molecule has 0 unspecified atom stereocenters. The van der Waals surface area contributed by atoms with Crippen LogP contribution in [0.5, 0.6) is 5.75 Å². The van der Waals surface area contributed by atoms with E-state index in [1.807, 2.05) is 36.4 Å². The van der Waals surface area contributed by atoms with Crippen LogP contribution in [0.15, 0.2) is 53.0 Å². The van der Waals surface area contributed by atoms with Gasteiger partial charge in [-0.3, -0.25) is 0 Å². The molecule has 0 fully saturated rings. The van der Waals surface area contributed by atoms with E-state index in [1.165, 1.54) is 6.21 Å². The van der Waals surface area contributed by atoms with Gasteiger partial charge in [-0.25, -0.2) is 0 Å². The molecule has 2 aromatic rings. The second kappa shape index (κ2) is 5.69. The molecule has 0 heterocycles. The Morgan fingerprint density at radius 2 is 1.89 bits per heavy atom. The fourth-order valence-corrected chi connectivity index (χ4v) is 1.93. The van der Waals surface area contributed by atoms with Crippen LogP contribution in [0, 0.1) is 5.21 Å². The van der Waals surface area contributed by atoms with Crippen LogP contribution in [0.3, 0.4) is 0 Å². The SMILES string of the molecule is COc1ccc(Br)cc1[N+]([O-])=Cc1ccccc1. The molecule has 0 atom stereocenters. The third-order valence-corrected chi connectivity index (χ3v) is 2.94. The summed E-state index contributed by atoms with van der Waals surface area (Å²) in [5.74, 6) is 0.542. The molecule has 0 saturated heterocycles. The van der Waals surface area contributed by atoms with Gasteiger partial charge in [0.15, 0.2) is 12.0 Å². The van der Waals surface area contributed by atoms with Gasteiger partial charge in [-0.05, 0) is 24.3 Å². The highest BCUT2D eigenvalue weighted by Crippen LogP contribution is 2.29. The lowest BCUT2D eigenvalue weighted by atomic mass is 10.2. The molecule has 0 saturated carbocycles. The Hall–Kier alpha value is -1.81. The lowest BCUT2D eigenvalue weighted by Crippen LogP contribution is -2.00. The van der Waals surface area contributed by atoms with Crippen LogP contribution in [-0.2, 0) is 0 Å². The maximum Gasteiger partial charge on any atom is 0.259 e. The standard InChI is InChI=1S/C14H12BrNO2/c1-18-14-8-7-12(15)9-13(14)16(17)10-11-5-3-2-4-6-11/h2-10H,1H3. The fraction of sp³-hybridized carbons (Fsp3) is 0.0714. The summed E-state index contributed by atoms with van der Waals surface area (Å²) < 4.78 is 6.82. The fourth-order valence-electron chi connectivity index (χ4n) is 1.58. The monoisotopic (exact) mass is 305 g/mol. The van der Waals surface area contributed by atoms with Crippen LogP contribution in [0.1, 0.15) is 5.56 Å². The second-order valence-electron chi connectivity index (χ2n) is 3.68. The Balaban J connectivity index is 2.42. The van der Waals surface area contributed by atoms with E-state index in [0.717, 1.165) is 14.8 Å². The molecule has 0 bridgehead atoms. The minimum Gasteiger partial charge on any atom is -0.618 e. The molecule has 3 nitrogen and oxygen atoms in total. The van der Waals surface area contributed by atoms with Gasteiger partial charge in [-0.1, -0.05) is 34.1 Å². The molecular formula is C14H12BrNO2. The summed E-state index contributed by atoms with van der Waals surface area (Å²) in [7, 11) is 1.54. The number of halogens is 1. The number of rotatable bonds is 3. The van der Waals surface area contributed by atoms with Crippen molar-refractivity contribution in [2.24, 2.45) is 0 Å². The minimum absolute atomic E-state index is 0.468. The van der Waals surface area contributed by atoms with E-state index in [2.05, 4.69) is 15.9 Å². The Kier molecular flexibility index (Phi) is 3.99. The predicted molar refractivity (Wildman–Crippen MR) is 75.6 cm³/mol. The zero-order valence-corrected chi connectivity index (χ0v) is 11.4. The highest BCUT2D eigenvalue weighted by Gasteiger charge is 2.11.